The van der Waals surface area contributed by atoms with E-state index in [4.69, 9.17) is 5.26 Å². The van der Waals surface area contributed by atoms with Gasteiger partial charge < -0.3 is 14.8 Å². The molecule has 7 nitrogen and oxygen atoms in total. The van der Waals surface area contributed by atoms with Crippen LogP contribution in [0.15, 0.2) is 53.4 Å². The molecule has 11 heteroatoms. The molecule has 2 atom stereocenters. The van der Waals surface area contributed by atoms with Gasteiger partial charge in [0.1, 0.15) is 6.04 Å². The van der Waals surface area contributed by atoms with E-state index in [1.807, 2.05) is 0 Å². The molecule has 4 rings (SSSR count). The summed E-state index contributed by atoms with van der Waals surface area (Å²) in [5.41, 5.74) is 0.0866. The summed E-state index contributed by atoms with van der Waals surface area (Å²) >= 11 is -1.49. The highest BCUT2D eigenvalue weighted by Crippen LogP contribution is 2.29. The van der Waals surface area contributed by atoms with Gasteiger partial charge in [0.05, 0.1) is 42.0 Å². The number of nitrogens with one attached hydrogen (secondary N) is 1. The Bertz CT molecular complexity index is 1160. The molecular weight excluding hydrogens is 505 g/mol. The summed E-state index contributed by atoms with van der Waals surface area (Å²) in [5, 5.41) is 11.7. The van der Waals surface area contributed by atoms with Gasteiger partial charge in [-0.05, 0) is 42.7 Å². The number of hydrogen-bond donors (Lipinski definition) is 1. The Morgan fingerprint density at radius 2 is 1.84 bits per heavy atom. The van der Waals surface area contributed by atoms with Crippen molar-refractivity contribution in [3.63, 3.8) is 0 Å². The second-order valence-electron chi connectivity index (χ2n) is 9.23. The van der Waals surface area contributed by atoms with Crippen LogP contribution < -0.4 is 5.32 Å². The van der Waals surface area contributed by atoms with E-state index >= 15 is 0 Å². The van der Waals surface area contributed by atoms with Gasteiger partial charge in [0.25, 0.3) is 5.91 Å². The summed E-state index contributed by atoms with van der Waals surface area (Å²) in [4.78, 5) is 28.6. The van der Waals surface area contributed by atoms with Crippen molar-refractivity contribution in [2.75, 3.05) is 19.6 Å². The van der Waals surface area contributed by atoms with Crippen molar-refractivity contribution in [1.82, 2.24) is 14.5 Å². The molecule has 2 aliphatic rings. The van der Waals surface area contributed by atoms with Gasteiger partial charge in [-0.2, -0.15) is 18.4 Å². The van der Waals surface area contributed by atoms with E-state index in [1.54, 1.807) is 28.6 Å². The maximum Gasteiger partial charge on any atom is 0.416 e. The highest BCUT2D eigenvalue weighted by molar-refractivity contribution is 7.89. The van der Waals surface area contributed by atoms with Gasteiger partial charge >= 0.3 is 6.18 Å². The van der Waals surface area contributed by atoms with Crippen LogP contribution in [0.1, 0.15) is 47.2 Å². The molecule has 2 aliphatic heterocycles. The molecule has 196 valence electrons. The zero-order valence-corrected chi connectivity index (χ0v) is 20.9. The first-order valence-electron chi connectivity index (χ1n) is 12.1. The Balaban J connectivity index is 1.44. The van der Waals surface area contributed by atoms with Gasteiger partial charge in [-0.1, -0.05) is 31.0 Å². The van der Waals surface area contributed by atoms with E-state index < -0.39 is 29.1 Å². The summed E-state index contributed by atoms with van der Waals surface area (Å²) in [6.45, 7) is 1.26. The molecule has 2 heterocycles. The van der Waals surface area contributed by atoms with Crippen molar-refractivity contribution >= 4 is 23.2 Å². The van der Waals surface area contributed by atoms with Crippen molar-refractivity contribution in [3.05, 3.63) is 65.2 Å². The van der Waals surface area contributed by atoms with Crippen LogP contribution in [0.4, 0.5) is 13.2 Å². The third kappa shape index (κ3) is 6.44. The Kier molecular flexibility index (Phi) is 8.42. The zero-order valence-electron chi connectivity index (χ0n) is 20.0. The molecule has 0 spiro atoms. The third-order valence-corrected chi connectivity index (χ3v) is 8.04. The van der Waals surface area contributed by atoms with Crippen LogP contribution in [0.5, 0.6) is 0 Å². The minimum atomic E-state index is -4.43. The molecule has 2 unspecified atom stereocenters. The Morgan fingerprint density at radius 1 is 1.11 bits per heavy atom. The summed E-state index contributed by atoms with van der Waals surface area (Å²) < 4.78 is 52.9. The standard InChI is InChI=1S/C26H27F3N4O3S/c27-26(28,29)21-10-8-18(9-11-21)15-31-24(34)23-7-2-1-3-12-33(23)25(35)20-5-4-6-22(13-20)37(36)32-16-19(14-30)17-32/h4-6,8-11,13,19,23H,1-3,7,12,15-17H2,(H,31,34). The number of hydrogen-bond acceptors (Lipinski definition) is 5. The monoisotopic (exact) mass is 532 g/mol. The molecule has 2 saturated heterocycles. The number of benzene rings is 2. The number of carbonyl (C=O) groups excluding carboxylic acids is 2. The number of alkyl halides is 3. The van der Waals surface area contributed by atoms with Crippen molar-refractivity contribution in [1.29, 1.82) is 5.26 Å². The average Bonchev–Trinajstić information content (AvgIpc) is 3.12. The van der Waals surface area contributed by atoms with E-state index in [0.717, 1.165) is 31.4 Å². The Morgan fingerprint density at radius 3 is 2.51 bits per heavy atom. The summed E-state index contributed by atoms with van der Waals surface area (Å²) in [6.07, 6.45) is -1.59. The molecule has 0 aliphatic carbocycles. The predicted octanol–water partition coefficient (Wildman–Crippen LogP) is 3.88. The summed E-state index contributed by atoms with van der Waals surface area (Å²) in [5.74, 6) is -0.848. The number of carbonyl (C=O) groups is 2. The largest absolute Gasteiger partial charge is 0.593 e. The van der Waals surface area contributed by atoms with Gasteiger partial charge in [0, 0.05) is 24.7 Å². The van der Waals surface area contributed by atoms with E-state index in [0.29, 0.717) is 42.1 Å². The number of nitrogens with zero attached hydrogens (tertiary/aromatic N) is 3. The average molecular weight is 533 g/mol. The number of rotatable bonds is 6. The lowest BCUT2D eigenvalue weighted by Crippen LogP contribution is -2.49. The van der Waals surface area contributed by atoms with Crippen LogP contribution in [0.3, 0.4) is 0 Å². The van der Waals surface area contributed by atoms with Crippen LogP contribution in [0.25, 0.3) is 0 Å². The van der Waals surface area contributed by atoms with E-state index in [2.05, 4.69) is 11.4 Å². The number of likely N-dealkylation sites (tertiary alicyclic amines) is 1. The van der Waals surface area contributed by atoms with E-state index in [1.165, 1.54) is 17.0 Å². The second kappa shape index (κ2) is 11.5. The third-order valence-electron chi connectivity index (χ3n) is 6.61. The fourth-order valence-corrected chi connectivity index (χ4v) is 5.80. The quantitative estimate of drug-likeness (QED) is 0.570. The molecular formula is C26H27F3N4O3S. The van der Waals surface area contributed by atoms with Crippen LogP contribution in [-0.4, -0.2) is 51.2 Å². The zero-order chi connectivity index (χ0) is 26.6. The molecule has 2 fully saturated rings. The SMILES string of the molecule is N#CC1CN([S+]([O-])c2cccc(C(=O)N3CCCCCC3C(=O)NCc3ccc(C(F)(F)F)cc3)c2)C1. The van der Waals surface area contributed by atoms with Crippen LogP contribution in [0, 0.1) is 17.2 Å². The van der Waals surface area contributed by atoms with Gasteiger partial charge in [0.2, 0.25) is 5.91 Å². The van der Waals surface area contributed by atoms with Gasteiger partial charge in [0.15, 0.2) is 4.90 Å². The minimum absolute atomic E-state index is 0.0451. The van der Waals surface area contributed by atoms with Crippen molar-refractivity contribution < 1.29 is 27.3 Å². The topological polar surface area (TPSA) is 99.5 Å². The first-order chi connectivity index (χ1) is 17.7. The molecule has 2 aromatic carbocycles. The summed E-state index contributed by atoms with van der Waals surface area (Å²) in [7, 11) is 0. The molecule has 1 N–H and O–H groups in total. The number of nitriles is 1. The second-order valence-corrected chi connectivity index (χ2v) is 10.7. The molecule has 0 radical (unpaired) electrons. The maximum absolute atomic E-state index is 13.5. The molecule has 37 heavy (non-hydrogen) atoms. The molecule has 0 saturated carbocycles. The van der Waals surface area contributed by atoms with E-state index in [9.17, 15) is 27.3 Å². The highest BCUT2D eigenvalue weighted by atomic mass is 32.2. The fraction of sp³-hybridized carbons (Fsp3) is 0.423. The first kappa shape index (κ1) is 27.0. The van der Waals surface area contributed by atoms with Gasteiger partial charge in [-0.25, -0.2) is 0 Å². The molecule has 2 amide bonds. The lowest BCUT2D eigenvalue weighted by atomic mass is 10.1. The molecule has 2 aromatic rings. The Hall–Kier alpha value is -3.07. The normalized spacial score (nSPS) is 19.9. The summed E-state index contributed by atoms with van der Waals surface area (Å²) in [6, 6.07) is 12.5. The number of amides is 2. The van der Waals surface area contributed by atoms with Gasteiger partial charge in [-0.3, -0.25) is 9.59 Å². The van der Waals surface area contributed by atoms with E-state index in [-0.39, 0.29) is 24.3 Å². The van der Waals surface area contributed by atoms with Crippen molar-refractivity contribution in [3.8, 4) is 6.07 Å². The van der Waals surface area contributed by atoms with Gasteiger partial charge in [-0.15, -0.1) is 4.31 Å². The molecule has 0 bridgehead atoms. The Labute approximate surface area is 216 Å². The first-order valence-corrected chi connectivity index (χ1v) is 13.2. The minimum Gasteiger partial charge on any atom is -0.593 e. The van der Waals surface area contributed by atoms with Crippen LogP contribution >= 0.6 is 0 Å². The lowest BCUT2D eigenvalue weighted by molar-refractivity contribution is -0.137. The predicted molar refractivity (Wildman–Crippen MR) is 130 cm³/mol. The van der Waals surface area contributed by atoms with Crippen molar-refractivity contribution in [2.45, 2.75) is 49.3 Å². The van der Waals surface area contributed by atoms with Crippen LogP contribution in [0.2, 0.25) is 0 Å². The smallest absolute Gasteiger partial charge is 0.416 e. The fourth-order valence-electron chi connectivity index (χ4n) is 4.45. The molecule has 0 aromatic heterocycles. The number of halogens is 3. The highest BCUT2D eigenvalue weighted by Gasteiger charge is 2.37. The maximum atomic E-state index is 13.5. The van der Waals surface area contributed by atoms with Crippen molar-refractivity contribution in [2.24, 2.45) is 5.92 Å². The lowest BCUT2D eigenvalue weighted by Gasteiger charge is -2.34. The van der Waals surface area contributed by atoms with Crippen LogP contribution in [-0.2, 0) is 28.9 Å².